The van der Waals surface area contributed by atoms with Gasteiger partial charge in [-0.1, -0.05) is 0 Å². The van der Waals surface area contributed by atoms with E-state index in [1.165, 1.54) is 0 Å². The van der Waals surface area contributed by atoms with E-state index in [0.717, 1.165) is 39.8 Å². The normalized spacial score (nSPS) is 11.5. The molecule has 0 atom stereocenters. The second-order valence-electron chi connectivity index (χ2n) is 5.96. The van der Waals surface area contributed by atoms with Crippen LogP contribution in [0.3, 0.4) is 0 Å². The third-order valence-electron chi connectivity index (χ3n) is 4.10. The fraction of sp³-hybridized carbons (Fsp3) is 0.333. The van der Waals surface area contributed by atoms with Crippen LogP contribution in [-0.4, -0.2) is 48.1 Å². The summed E-state index contributed by atoms with van der Waals surface area (Å²) in [6.45, 7) is 1.93. The lowest BCUT2D eigenvalue weighted by Crippen LogP contribution is -2.40. The minimum absolute atomic E-state index is 0.720. The summed E-state index contributed by atoms with van der Waals surface area (Å²) in [4.78, 5) is 24.4. The number of anilines is 1. The Balaban J connectivity index is 2.08. The fourth-order valence-corrected chi connectivity index (χ4v) is 2.90. The SMILES string of the molecule is Cc1ncnc2c1nc(-[n+]1cnc3c(ncn3C)c1N(C)C)n2C. The van der Waals surface area contributed by atoms with Gasteiger partial charge in [0, 0.05) is 28.2 Å². The summed E-state index contributed by atoms with van der Waals surface area (Å²) in [7, 11) is 7.83. The highest BCUT2D eigenvalue weighted by Gasteiger charge is 2.25. The van der Waals surface area contributed by atoms with Crippen LogP contribution in [0.2, 0.25) is 0 Å². The molecule has 0 spiro atoms. The van der Waals surface area contributed by atoms with Crippen molar-refractivity contribution in [2.24, 2.45) is 14.1 Å². The molecule has 4 aromatic rings. The fourth-order valence-electron chi connectivity index (χ4n) is 2.90. The zero-order chi connectivity index (χ0) is 17.0. The van der Waals surface area contributed by atoms with Crippen molar-refractivity contribution in [1.29, 1.82) is 0 Å². The molecule has 0 saturated heterocycles. The summed E-state index contributed by atoms with van der Waals surface area (Å²) >= 11 is 0. The number of hydrogen-bond acceptors (Lipinski definition) is 6. The molecular formula is C15H18N9+. The maximum atomic E-state index is 4.74. The Morgan fingerprint density at radius 3 is 2.50 bits per heavy atom. The van der Waals surface area contributed by atoms with Crippen molar-refractivity contribution in [1.82, 2.24) is 34.1 Å². The van der Waals surface area contributed by atoms with E-state index < -0.39 is 0 Å². The minimum Gasteiger partial charge on any atom is -0.321 e. The highest BCUT2D eigenvalue weighted by atomic mass is 15.3. The van der Waals surface area contributed by atoms with E-state index in [2.05, 4.69) is 19.9 Å². The van der Waals surface area contributed by atoms with Gasteiger partial charge < -0.3 is 9.47 Å². The molecule has 0 fully saturated rings. The lowest BCUT2D eigenvalue weighted by Gasteiger charge is -2.13. The lowest BCUT2D eigenvalue weighted by molar-refractivity contribution is -0.593. The summed E-state index contributed by atoms with van der Waals surface area (Å²) < 4.78 is 5.77. The van der Waals surface area contributed by atoms with Crippen LogP contribution in [0, 0.1) is 6.92 Å². The zero-order valence-corrected chi connectivity index (χ0v) is 14.3. The molecule has 0 aliphatic heterocycles. The van der Waals surface area contributed by atoms with Gasteiger partial charge in [-0.25, -0.2) is 19.5 Å². The van der Waals surface area contributed by atoms with Crippen LogP contribution in [0.25, 0.3) is 28.3 Å². The molecule has 0 N–H and O–H groups in total. The van der Waals surface area contributed by atoms with Gasteiger partial charge in [0.1, 0.15) is 6.33 Å². The molecule has 0 amide bonds. The third-order valence-corrected chi connectivity index (χ3v) is 4.10. The van der Waals surface area contributed by atoms with E-state index in [1.54, 1.807) is 19.0 Å². The number of aryl methyl sites for hydroxylation is 3. The maximum Gasteiger partial charge on any atom is 0.334 e. The molecule has 9 nitrogen and oxygen atoms in total. The number of nitrogens with zero attached hydrogens (tertiary/aromatic N) is 9. The standard InChI is InChI=1S/C15H18N9/c1-9-10-13(17-6-16-9)23(5)15(20-10)24-8-19-12-11(14(24)21(2)3)18-7-22(12)4/h6-8H,1-5H3/q+1. The first-order valence-corrected chi connectivity index (χ1v) is 7.52. The molecule has 4 heterocycles. The molecule has 0 aromatic carbocycles. The van der Waals surface area contributed by atoms with Crippen LogP contribution in [0.5, 0.6) is 0 Å². The number of fused-ring (bicyclic) bond motifs is 2. The van der Waals surface area contributed by atoms with Crippen LogP contribution < -0.4 is 9.47 Å². The molecule has 0 aliphatic carbocycles. The summed E-state index contributed by atoms with van der Waals surface area (Å²) in [5.74, 6) is 1.63. The molecule has 4 aromatic heterocycles. The van der Waals surface area contributed by atoms with Crippen LogP contribution in [0.4, 0.5) is 5.82 Å². The summed E-state index contributed by atoms with van der Waals surface area (Å²) in [5.41, 5.74) is 4.06. The maximum absolute atomic E-state index is 4.74. The predicted octanol–water partition coefficient (Wildman–Crippen LogP) is 0.296. The molecule has 4 rings (SSSR count). The monoisotopic (exact) mass is 324 g/mol. The van der Waals surface area contributed by atoms with Gasteiger partial charge in [0.25, 0.3) is 0 Å². The van der Waals surface area contributed by atoms with Gasteiger partial charge >= 0.3 is 5.95 Å². The van der Waals surface area contributed by atoms with Crippen LogP contribution >= 0.6 is 0 Å². The molecule has 9 heteroatoms. The Labute approximate surface area is 138 Å². The van der Waals surface area contributed by atoms with Crippen LogP contribution in [0.1, 0.15) is 5.69 Å². The molecule has 0 aliphatic rings. The van der Waals surface area contributed by atoms with E-state index >= 15 is 0 Å². The van der Waals surface area contributed by atoms with E-state index in [9.17, 15) is 0 Å². The Morgan fingerprint density at radius 2 is 1.79 bits per heavy atom. The quantitative estimate of drug-likeness (QED) is 0.493. The second-order valence-corrected chi connectivity index (χ2v) is 5.96. The Kier molecular flexibility index (Phi) is 2.99. The smallest absolute Gasteiger partial charge is 0.321 e. The average molecular weight is 324 g/mol. The first-order valence-electron chi connectivity index (χ1n) is 7.52. The van der Waals surface area contributed by atoms with E-state index in [1.807, 2.05) is 53.7 Å². The molecule has 0 radical (unpaired) electrons. The Morgan fingerprint density at radius 1 is 1.00 bits per heavy atom. The number of imidazole rings is 2. The Hall–Kier alpha value is -3.10. The van der Waals surface area contributed by atoms with Gasteiger partial charge in [-0.15, -0.1) is 9.97 Å². The highest BCUT2D eigenvalue weighted by Crippen LogP contribution is 2.21. The van der Waals surface area contributed by atoms with Crippen molar-refractivity contribution in [3.8, 4) is 5.95 Å². The van der Waals surface area contributed by atoms with Gasteiger partial charge in [0.15, 0.2) is 17.4 Å². The topological polar surface area (TPSA) is 81.4 Å². The van der Waals surface area contributed by atoms with E-state index in [-0.39, 0.29) is 0 Å². The summed E-state index contributed by atoms with van der Waals surface area (Å²) in [5, 5.41) is 0. The van der Waals surface area contributed by atoms with Crippen molar-refractivity contribution >= 4 is 28.1 Å². The van der Waals surface area contributed by atoms with Gasteiger partial charge in [-0.2, -0.15) is 4.57 Å². The largest absolute Gasteiger partial charge is 0.334 e. The summed E-state index contributed by atoms with van der Waals surface area (Å²) in [6.07, 6.45) is 5.09. The molecule has 0 saturated carbocycles. The van der Waals surface area contributed by atoms with Crippen molar-refractivity contribution in [2.45, 2.75) is 6.92 Å². The van der Waals surface area contributed by atoms with Crippen molar-refractivity contribution < 1.29 is 4.57 Å². The van der Waals surface area contributed by atoms with Crippen molar-refractivity contribution in [3.05, 3.63) is 24.7 Å². The molecular weight excluding hydrogens is 306 g/mol. The molecule has 122 valence electrons. The van der Waals surface area contributed by atoms with E-state index in [0.29, 0.717) is 0 Å². The molecule has 24 heavy (non-hydrogen) atoms. The van der Waals surface area contributed by atoms with Gasteiger partial charge in [0.2, 0.25) is 17.1 Å². The predicted molar refractivity (Wildman–Crippen MR) is 89.0 cm³/mol. The molecule has 0 bridgehead atoms. The third kappa shape index (κ3) is 1.87. The van der Waals surface area contributed by atoms with Gasteiger partial charge in [-0.05, 0) is 6.92 Å². The lowest BCUT2D eigenvalue weighted by atomic mass is 10.4. The number of aromatic nitrogens is 8. The van der Waals surface area contributed by atoms with Crippen LogP contribution in [-0.2, 0) is 14.1 Å². The average Bonchev–Trinajstić information content (AvgIpc) is 3.09. The first kappa shape index (κ1) is 14.5. The molecule has 0 unspecified atom stereocenters. The highest BCUT2D eigenvalue weighted by molar-refractivity contribution is 5.81. The van der Waals surface area contributed by atoms with Gasteiger partial charge in [-0.3, -0.25) is 0 Å². The zero-order valence-electron chi connectivity index (χ0n) is 14.3. The summed E-state index contributed by atoms with van der Waals surface area (Å²) in [6, 6.07) is 0. The van der Waals surface area contributed by atoms with Crippen molar-refractivity contribution in [2.75, 3.05) is 19.0 Å². The second kappa shape index (κ2) is 4.95. The minimum atomic E-state index is 0.720. The number of rotatable bonds is 2. The Bertz CT molecular complexity index is 1070. The van der Waals surface area contributed by atoms with Crippen LogP contribution in [0.15, 0.2) is 19.0 Å². The van der Waals surface area contributed by atoms with E-state index in [4.69, 9.17) is 4.98 Å². The number of hydrogen-bond donors (Lipinski definition) is 0. The van der Waals surface area contributed by atoms with Gasteiger partial charge in [0.05, 0.1) is 12.0 Å². The van der Waals surface area contributed by atoms with Crippen molar-refractivity contribution in [3.63, 3.8) is 0 Å². The first-order chi connectivity index (χ1) is 11.5.